The second kappa shape index (κ2) is 7.31. The van der Waals surface area contributed by atoms with Gasteiger partial charge < -0.3 is 10.2 Å². The number of urea groups is 1. The number of hydrogen-bond donors (Lipinski definition) is 1. The van der Waals surface area contributed by atoms with Gasteiger partial charge in [-0.05, 0) is 45.6 Å². The summed E-state index contributed by atoms with van der Waals surface area (Å²) in [7, 11) is -3.60. The quantitative estimate of drug-likeness (QED) is 0.666. The van der Waals surface area contributed by atoms with E-state index < -0.39 is 21.6 Å². The maximum atomic E-state index is 12.9. The van der Waals surface area contributed by atoms with Crippen molar-refractivity contribution >= 4 is 39.2 Å². The molecule has 1 aromatic heterocycles. The minimum atomic E-state index is -3.60. The smallest absolute Gasteiger partial charge is 0.325 e. The number of imide groups is 1. The van der Waals surface area contributed by atoms with E-state index in [0.717, 1.165) is 27.5 Å². The largest absolute Gasteiger partial charge is 0.338 e. The maximum absolute atomic E-state index is 12.9. The zero-order chi connectivity index (χ0) is 21.8. The molecule has 0 spiro atoms. The molecule has 1 saturated carbocycles. The van der Waals surface area contributed by atoms with E-state index in [1.807, 2.05) is 6.92 Å². The van der Waals surface area contributed by atoms with Gasteiger partial charge in [0, 0.05) is 35.9 Å². The third kappa shape index (κ3) is 3.52. The molecule has 2 saturated heterocycles. The van der Waals surface area contributed by atoms with Gasteiger partial charge in [-0.25, -0.2) is 13.2 Å². The predicted octanol–water partition coefficient (Wildman–Crippen LogP) is 0.918. The summed E-state index contributed by atoms with van der Waals surface area (Å²) in [5.41, 5.74) is -0.916. The molecule has 0 bridgehead atoms. The van der Waals surface area contributed by atoms with Crippen LogP contribution in [0.3, 0.4) is 0 Å². The van der Waals surface area contributed by atoms with Crippen LogP contribution in [0, 0.1) is 19.8 Å². The van der Waals surface area contributed by atoms with Crippen LogP contribution in [-0.4, -0.2) is 78.6 Å². The molecule has 1 aliphatic carbocycles. The van der Waals surface area contributed by atoms with Crippen LogP contribution in [-0.2, 0) is 19.6 Å². The van der Waals surface area contributed by atoms with Crippen molar-refractivity contribution in [3.05, 3.63) is 15.8 Å². The molecule has 1 atom stereocenters. The lowest BCUT2D eigenvalue weighted by Gasteiger charge is -2.34. The number of piperazine rings is 1. The standard InChI is InChI=1S/C19H26N4O5S2/c1-12-10-15(13(2)29-12)30(27,28)22-8-6-21(7-9-22)16(24)11-23-17(25)19(3,14-4-5-14)20-18(23)26/h10,14H,4-9,11H2,1-3H3,(H,20,26). The van der Waals surface area contributed by atoms with Gasteiger partial charge in [-0.3, -0.25) is 14.5 Å². The van der Waals surface area contributed by atoms with Crippen molar-refractivity contribution in [1.29, 1.82) is 0 Å². The Balaban J connectivity index is 1.37. The van der Waals surface area contributed by atoms with Crippen LogP contribution in [0.2, 0.25) is 0 Å². The Kier molecular flexibility index (Phi) is 5.18. The number of carbonyl (C=O) groups excluding carboxylic acids is 3. The summed E-state index contributed by atoms with van der Waals surface area (Å²) in [5, 5.41) is 2.73. The summed E-state index contributed by atoms with van der Waals surface area (Å²) < 4.78 is 27.2. The number of thiophene rings is 1. The second-order valence-corrected chi connectivity index (χ2v) is 11.7. The van der Waals surface area contributed by atoms with Gasteiger partial charge in [0.15, 0.2) is 0 Å². The summed E-state index contributed by atoms with van der Waals surface area (Å²) in [5.74, 6) is -0.571. The van der Waals surface area contributed by atoms with E-state index in [4.69, 9.17) is 0 Å². The number of aryl methyl sites for hydroxylation is 2. The highest BCUT2D eigenvalue weighted by molar-refractivity contribution is 7.89. The van der Waals surface area contributed by atoms with Crippen LogP contribution in [0.15, 0.2) is 11.0 Å². The molecular weight excluding hydrogens is 428 g/mol. The first-order valence-corrected chi connectivity index (χ1v) is 12.3. The number of nitrogens with one attached hydrogen (secondary N) is 1. The molecule has 0 aromatic carbocycles. The number of hydrogen-bond acceptors (Lipinski definition) is 6. The summed E-state index contributed by atoms with van der Waals surface area (Å²) in [4.78, 5) is 42.2. The molecule has 3 heterocycles. The summed E-state index contributed by atoms with van der Waals surface area (Å²) in [6.07, 6.45) is 1.79. The molecule has 9 nitrogen and oxygen atoms in total. The van der Waals surface area contributed by atoms with Crippen LogP contribution >= 0.6 is 11.3 Å². The van der Waals surface area contributed by atoms with Crippen LogP contribution in [0.25, 0.3) is 0 Å². The van der Waals surface area contributed by atoms with Crippen LogP contribution in [0.5, 0.6) is 0 Å². The fraction of sp³-hybridized carbons (Fsp3) is 0.632. The third-order valence-electron chi connectivity index (χ3n) is 6.19. The van der Waals surface area contributed by atoms with Crippen molar-refractivity contribution in [2.75, 3.05) is 32.7 Å². The molecule has 4 amide bonds. The number of rotatable bonds is 5. The van der Waals surface area contributed by atoms with Gasteiger partial charge in [0.05, 0.1) is 4.90 Å². The van der Waals surface area contributed by atoms with Crippen molar-refractivity contribution in [1.82, 2.24) is 19.4 Å². The Morgan fingerprint density at radius 3 is 2.37 bits per heavy atom. The molecular formula is C19H26N4O5S2. The SMILES string of the molecule is Cc1cc(S(=O)(=O)N2CCN(C(=O)CN3C(=O)NC(C)(C4CC4)C3=O)CC2)c(C)s1. The highest BCUT2D eigenvalue weighted by Gasteiger charge is 2.56. The summed E-state index contributed by atoms with van der Waals surface area (Å²) >= 11 is 1.44. The van der Waals surface area contributed by atoms with Crippen molar-refractivity contribution in [3.63, 3.8) is 0 Å². The highest BCUT2D eigenvalue weighted by Crippen LogP contribution is 2.42. The van der Waals surface area contributed by atoms with Gasteiger partial charge in [-0.1, -0.05) is 0 Å². The Hall–Kier alpha value is -1.98. The molecule has 30 heavy (non-hydrogen) atoms. The average Bonchev–Trinajstić information content (AvgIpc) is 3.46. The molecule has 0 radical (unpaired) electrons. The van der Waals surface area contributed by atoms with E-state index in [0.29, 0.717) is 4.90 Å². The zero-order valence-corrected chi connectivity index (χ0v) is 18.9. The summed E-state index contributed by atoms with van der Waals surface area (Å²) in [6, 6.07) is 1.15. The topological polar surface area (TPSA) is 107 Å². The first kappa shape index (κ1) is 21.3. The van der Waals surface area contributed by atoms with Crippen LogP contribution in [0.4, 0.5) is 4.79 Å². The lowest BCUT2D eigenvalue weighted by atomic mass is 9.96. The van der Waals surface area contributed by atoms with E-state index in [9.17, 15) is 22.8 Å². The van der Waals surface area contributed by atoms with Gasteiger partial charge in [-0.2, -0.15) is 4.31 Å². The number of carbonyl (C=O) groups is 3. The van der Waals surface area contributed by atoms with Crippen molar-refractivity contribution < 1.29 is 22.8 Å². The summed E-state index contributed by atoms with van der Waals surface area (Å²) in [6.45, 7) is 5.88. The minimum Gasteiger partial charge on any atom is -0.338 e. The van der Waals surface area contributed by atoms with E-state index >= 15 is 0 Å². The van der Waals surface area contributed by atoms with Crippen molar-refractivity contribution in [2.45, 2.75) is 44.0 Å². The van der Waals surface area contributed by atoms with Crippen molar-refractivity contribution in [3.8, 4) is 0 Å². The van der Waals surface area contributed by atoms with E-state index in [1.165, 1.54) is 20.5 Å². The van der Waals surface area contributed by atoms with Crippen LogP contribution in [0.1, 0.15) is 29.5 Å². The number of amides is 4. The fourth-order valence-electron chi connectivity index (χ4n) is 4.21. The monoisotopic (exact) mass is 454 g/mol. The van der Waals surface area contributed by atoms with Gasteiger partial charge in [-0.15, -0.1) is 11.3 Å². The molecule has 1 unspecified atom stereocenters. The molecule has 2 aliphatic heterocycles. The Morgan fingerprint density at radius 2 is 1.83 bits per heavy atom. The minimum absolute atomic E-state index is 0.131. The average molecular weight is 455 g/mol. The Morgan fingerprint density at radius 1 is 1.20 bits per heavy atom. The molecule has 3 aliphatic rings. The Bertz CT molecular complexity index is 1010. The predicted molar refractivity (Wildman–Crippen MR) is 111 cm³/mol. The zero-order valence-electron chi connectivity index (χ0n) is 17.3. The normalized spacial score (nSPS) is 25.7. The van der Waals surface area contributed by atoms with E-state index in [-0.39, 0.29) is 50.5 Å². The highest BCUT2D eigenvalue weighted by atomic mass is 32.2. The fourth-order valence-corrected chi connectivity index (χ4v) is 7.16. The first-order chi connectivity index (χ1) is 14.0. The van der Waals surface area contributed by atoms with E-state index in [1.54, 1.807) is 19.9 Å². The van der Waals surface area contributed by atoms with E-state index in [2.05, 4.69) is 5.32 Å². The lowest BCUT2D eigenvalue weighted by Crippen LogP contribution is -2.53. The van der Waals surface area contributed by atoms with Gasteiger partial charge in [0.25, 0.3) is 5.91 Å². The van der Waals surface area contributed by atoms with Crippen molar-refractivity contribution in [2.24, 2.45) is 5.92 Å². The van der Waals surface area contributed by atoms with Gasteiger partial charge in [0.1, 0.15) is 12.1 Å². The van der Waals surface area contributed by atoms with Gasteiger partial charge in [0.2, 0.25) is 15.9 Å². The molecule has 11 heteroatoms. The second-order valence-electron chi connectivity index (χ2n) is 8.36. The van der Waals surface area contributed by atoms with Gasteiger partial charge >= 0.3 is 6.03 Å². The third-order valence-corrected chi connectivity index (χ3v) is 9.31. The first-order valence-electron chi connectivity index (χ1n) is 10.0. The Labute approximate surface area is 180 Å². The van der Waals surface area contributed by atoms with Crippen LogP contribution < -0.4 is 5.32 Å². The maximum Gasteiger partial charge on any atom is 0.325 e. The molecule has 1 aromatic rings. The molecule has 1 N–H and O–H groups in total. The lowest BCUT2D eigenvalue weighted by molar-refractivity contribution is -0.139. The molecule has 3 fully saturated rings. The number of sulfonamides is 1. The molecule has 164 valence electrons. The number of nitrogens with zero attached hydrogens (tertiary/aromatic N) is 3. The molecule has 4 rings (SSSR count).